The number of nitro benzene ring substituents is 1. The van der Waals surface area contributed by atoms with Crippen LogP contribution in [0.1, 0.15) is 12.8 Å². The summed E-state index contributed by atoms with van der Waals surface area (Å²) in [7, 11) is 3.02. The molecular weight excluding hydrogens is 404 g/mol. The zero-order valence-electron chi connectivity index (χ0n) is 17.0. The molecule has 0 aliphatic carbocycles. The molecule has 4 heterocycles. The number of aromatic nitrogens is 5. The van der Waals surface area contributed by atoms with Gasteiger partial charge in [0.1, 0.15) is 0 Å². The Kier molecular flexibility index (Phi) is 4.29. The first-order chi connectivity index (χ1) is 14.9. The Morgan fingerprint density at radius 3 is 2.58 bits per heavy atom. The number of hydrogen-bond acceptors (Lipinski definition) is 6. The standard InChI is InChI=1S/C20H20N6O5/c1-22-17-16(18(27)23(2)20(22)28)25-11-15(12-5-7-13(8-6-12)26(29)30)24(19(25)21-17)10-14-4-3-9-31-14/h5-8,11,14H,3-4,9-10H2,1-2H3/t14-/m1/s1. The van der Waals surface area contributed by atoms with Crippen LogP contribution < -0.4 is 11.2 Å². The molecule has 0 saturated carbocycles. The van der Waals surface area contributed by atoms with Gasteiger partial charge in [0.2, 0.25) is 5.78 Å². The smallest absolute Gasteiger partial charge is 0.332 e. The highest BCUT2D eigenvalue weighted by molar-refractivity contribution is 5.78. The third kappa shape index (κ3) is 2.88. The number of imidazole rings is 2. The minimum absolute atomic E-state index is 0.0000731. The highest BCUT2D eigenvalue weighted by Crippen LogP contribution is 2.28. The second-order valence-electron chi connectivity index (χ2n) is 7.72. The third-order valence-corrected chi connectivity index (χ3v) is 5.84. The van der Waals surface area contributed by atoms with Crippen molar-refractivity contribution in [3.05, 3.63) is 61.4 Å². The van der Waals surface area contributed by atoms with Crippen LogP contribution in [0.15, 0.2) is 40.1 Å². The van der Waals surface area contributed by atoms with Crippen LogP contribution in [0.3, 0.4) is 0 Å². The van der Waals surface area contributed by atoms with Crippen LogP contribution in [0.4, 0.5) is 5.69 Å². The molecule has 0 radical (unpaired) electrons. The predicted molar refractivity (Wildman–Crippen MR) is 112 cm³/mol. The van der Waals surface area contributed by atoms with Crippen molar-refractivity contribution < 1.29 is 9.66 Å². The molecule has 11 heteroatoms. The summed E-state index contributed by atoms with van der Waals surface area (Å²) in [6, 6.07) is 6.24. The lowest BCUT2D eigenvalue weighted by molar-refractivity contribution is -0.384. The van der Waals surface area contributed by atoms with Crippen molar-refractivity contribution in [2.45, 2.75) is 25.5 Å². The molecule has 0 N–H and O–H groups in total. The van der Waals surface area contributed by atoms with Gasteiger partial charge in [-0.15, -0.1) is 0 Å². The van der Waals surface area contributed by atoms with E-state index in [1.165, 1.54) is 23.7 Å². The molecule has 160 valence electrons. The topological polar surface area (TPSA) is 119 Å². The number of ether oxygens (including phenoxy) is 1. The fourth-order valence-electron chi connectivity index (χ4n) is 4.17. The van der Waals surface area contributed by atoms with Crippen molar-refractivity contribution in [3.63, 3.8) is 0 Å². The lowest BCUT2D eigenvalue weighted by atomic mass is 10.1. The van der Waals surface area contributed by atoms with Crippen molar-refractivity contribution >= 4 is 22.6 Å². The van der Waals surface area contributed by atoms with Crippen LogP contribution in [0.5, 0.6) is 0 Å². The van der Waals surface area contributed by atoms with Crippen molar-refractivity contribution in [3.8, 4) is 11.3 Å². The van der Waals surface area contributed by atoms with Crippen LogP contribution >= 0.6 is 0 Å². The van der Waals surface area contributed by atoms with E-state index >= 15 is 0 Å². The highest BCUT2D eigenvalue weighted by atomic mass is 16.6. The molecule has 1 fully saturated rings. The first-order valence-electron chi connectivity index (χ1n) is 9.90. The van der Waals surface area contributed by atoms with Crippen LogP contribution in [0.25, 0.3) is 28.2 Å². The van der Waals surface area contributed by atoms with E-state index in [1.54, 1.807) is 29.8 Å². The van der Waals surface area contributed by atoms with E-state index in [2.05, 4.69) is 4.98 Å². The maximum absolute atomic E-state index is 12.9. The van der Waals surface area contributed by atoms with Crippen LogP contribution in [-0.4, -0.2) is 40.7 Å². The van der Waals surface area contributed by atoms with Gasteiger partial charge >= 0.3 is 5.69 Å². The number of rotatable bonds is 4. The molecule has 11 nitrogen and oxygen atoms in total. The maximum Gasteiger partial charge on any atom is 0.332 e. The van der Waals surface area contributed by atoms with Crippen molar-refractivity contribution in [2.24, 2.45) is 14.1 Å². The molecule has 0 amide bonds. The summed E-state index contributed by atoms with van der Waals surface area (Å²) < 4.78 is 11.8. The van der Waals surface area contributed by atoms with Gasteiger partial charge in [0.25, 0.3) is 11.2 Å². The summed E-state index contributed by atoms with van der Waals surface area (Å²) in [5.41, 5.74) is 1.23. The summed E-state index contributed by atoms with van der Waals surface area (Å²) in [6.45, 7) is 1.21. The molecule has 4 aromatic rings. The van der Waals surface area contributed by atoms with Crippen LogP contribution in [0.2, 0.25) is 0 Å². The number of fused-ring (bicyclic) bond motifs is 3. The van der Waals surface area contributed by atoms with Gasteiger partial charge in [-0.2, -0.15) is 4.98 Å². The van der Waals surface area contributed by atoms with Gasteiger partial charge < -0.3 is 9.30 Å². The molecular formula is C20H20N6O5. The van der Waals surface area contributed by atoms with Crippen molar-refractivity contribution in [1.82, 2.24) is 23.1 Å². The van der Waals surface area contributed by atoms with E-state index < -0.39 is 16.2 Å². The van der Waals surface area contributed by atoms with Gasteiger partial charge in [0, 0.05) is 44.6 Å². The molecule has 5 rings (SSSR count). The van der Waals surface area contributed by atoms with Crippen molar-refractivity contribution in [1.29, 1.82) is 0 Å². The monoisotopic (exact) mass is 424 g/mol. The van der Waals surface area contributed by atoms with Gasteiger partial charge in [0.15, 0.2) is 11.2 Å². The Labute approximate surface area is 174 Å². The summed E-state index contributed by atoms with van der Waals surface area (Å²) in [6.07, 6.45) is 3.66. The normalized spacial score (nSPS) is 16.5. The molecule has 0 bridgehead atoms. The SMILES string of the molecule is Cn1c(=O)c2c(nc3n(C[C@H]4CCCO4)c(-c4ccc([N+](=O)[O-])cc4)cn23)n(C)c1=O. The quantitative estimate of drug-likeness (QED) is 0.361. The summed E-state index contributed by atoms with van der Waals surface area (Å²) in [5, 5.41) is 11.0. The van der Waals surface area contributed by atoms with Gasteiger partial charge in [0.05, 0.1) is 23.3 Å². The average Bonchev–Trinajstić information content (AvgIpc) is 3.48. The minimum atomic E-state index is -0.445. The number of nitrogens with zero attached hydrogens (tertiary/aromatic N) is 6. The largest absolute Gasteiger partial charge is 0.376 e. The average molecular weight is 424 g/mol. The highest BCUT2D eigenvalue weighted by Gasteiger charge is 2.24. The van der Waals surface area contributed by atoms with E-state index in [0.29, 0.717) is 30.1 Å². The van der Waals surface area contributed by atoms with Crippen LogP contribution in [0, 0.1) is 10.1 Å². The predicted octanol–water partition coefficient (Wildman–Crippen LogP) is 1.44. The Morgan fingerprint density at radius 1 is 1.19 bits per heavy atom. The molecule has 1 aliphatic heterocycles. The first kappa shape index (κ1) is 19.2. The molecule has 1 aliphatic rings. The number of aryl methyl sites for hydroxylation is 1. The molecule has 1 aromatic carbocycles. The van der Waals surface area contributed by atoms with Gasteiger partial charge in [-0.1, -0.05) is 0 Å². The lowest BCUT2D eigenvalue weighted by Gasteiger charge is -2.13. The van der Waals surface area contributed by atoms with E-state index in [4.69, 9.17) is 4.74 Å². The second kappa shape index (κ2) is 6.91. The lowest BCUT2D eigenvalue weighted by Crippen LogP contribution is -2.37. The van der Waals surface area contributed by atoms with E-state index in [9.17, 15) is 19.7 Å². The molecule has 0 unspecified atom stereocenters. The first-order valence-corrected chi connectivity index (χ1v) is 9.90. The van der Waals surface area contributed by atoms with Gasteiger partial charge in [-0.3, -0.25) is 28.4 Å². The molecule has 0 spiro atoms. The zero-order chi connectivity index (χ0) is 21.9. The summed E-state index contributed by atoms with van der Waals surface area (Å²) in [5.74, 6) is 0.511. The molecule has 1 saturated heterocycles. The number of hydrogen-bond donors (Lipinski definition) is 0. The fraction of sp³-hybridized carbons (Fsp3) is 0.350. The van der Waals surface area contributed by atoms with E-state index in [0.717, 1.165) is 28.7 Å². The Hall–Kier alpha value is -3.73. The zero-order valence-corrected chi connectivity index (χ0v) is 17.0. The number of benzene rings is 1. The number of nitro groups is 1. The Bertz CT molecular complexity index is 1450. The van der Waals surface area contributed by atoms with Gasteiger partial charge in [-0.25, -0.2) is 4.79 Å². The molecule has 3 aromatic heterocycles. The molecule has 31 heavy (non-hydrogen) atoms. The second-order valence-corrected chi connectivity index (χ2v) is 7.72. The fourth-order valence-corrected chi connectivity index (χ4v) is 4.17. The molecule has 1 atom stereocenters. The number of non-ortho nitro benzene ring substituents is 1. The minimum Gasteiger partial charge on any atom is -0.376 e. The van der Waals surface area contributed by atoms with E-state index in [1.807, 2.05) is 4.57 Å². The Balaban J connectivity index is 1.79. The Morgan fingerprint density at radius 2 is 1.94 bits per heavy atom. The van der Waals surface area contributed by atoms with E-state index in [-0.39, 0.29) is 11.8 Å². The van der Waals surface area contributed by atoms with Crippen LogP contribution in [-0.2, 0) is 25.4 Å². The van der Waals surface area contributed by atoms with Crippen molar-refractivity contribution in [2.75, 3.05) is 6.61 Å². The van der Waals surface area contributed by atoms with Gasteiger partial charge in [-0.05, 0) is 25.0 Å². The summed E-state index contributed by atoms with van der Waals surface area (Å²) >= 11 is 0. The summed E-state index contributed by atoms with van der Waals surface area (Å²) in [4.78, 5) is 40.4. The maximum atomic E-state index is 12.9. The third-order valence-electron chi connectivity index (χ3n) is 5.84.